The minimum atomic E-state index is -0.450. The molecule has 1 aromatic carbocycles. The number of benzene rings is 1. The molecule has 0 radical (unpaired) electrons. The number of fused-ring (bicyclic) bond motifs is 1. The number of anilines is 1. The number of nitrogens with one attached hydrogen (secondary N) is 1. The minimum Gasteiger partial charge on any atom is -0.389 e. The zero-order chi connectivity index (χ0) is 25.0. The smallest absolute Gasteiger partial charge is 0.229 e. The van der Waals surface area contributed by atoms with Crippen LogP contribution in [0.3, 0.4) is 0 Å². The van der Waals surface area contributed by atoms with E-state index in [0.29, 0.717) is 24.9 Å². The number of aryl methyl sites for hydroxylation is 1. The number of ether oxygens (including phenoxy) is 1. The number of nitrogens with zero attached hydrogens (tertiary/aromatic N) is 4. The number of carbonyl (C=O) groups is 1. The van der Waals surface area contributed by atoms with Gasteiger partial charge in [0.05, 0.1) is 30.6 Å². The van der Waals surface area contributed by atoms with Crippen molar-refractivity contribution in [3.05, 3.63) is 52.9 Å². The van der Waals surface area contributed by atoms with Crippen LogP contribution in [0.15, 0.2) is 36.7 Å². The minimum absolute atomic E-state index is 0.00867. The average molecular weight is 510 g/mol. The van der Waals surface area contributed by atoms with Crippen molar-refractivity contribution in [1.82, 2.24) is 19.7 Å². The number of halogens is 1. The van der Waals surface area contributed by atoms with Crippen LogP contribution in [-0.4, -0.2) is 68.6 Å². The van der Waals surface area contributed by atoms with Crippen LogP contribution in [0.2, 0.25) is 5.02 Å². The number of pyridine rings is 1. The van der Waals surface area contributed by atoms with Gasteiger partial charge in [-0.25, -0.2) is 4.98 Å². The number of hydrogen-bond donors (Lipinski definition) is 2. The van der Waals surface area contributed by atoms with Gasteiger partial charge in [-0.1, -0.05) is 11.6 Å². The SMILES string of the molecule is Cn1ccc([C@H]2C[C@@H]2C(=O)Nc2cc3cc(C4CCN([C@]5(C)COC[C@@H]5O)CC4)c(Cl)cc3cn2)n1. The first-order valence-electron chi connectivity index (χ1n) is 12.7. The molecular formula is C27H32ClN5O3. The zero-order valence-electron chi connectivity index (χ0n) is 20.7. The molecule has 4 atom stereocenters. The Morgan fingerprint density at radius 1 is 1.25 bits per heavy atom. The van der Waals surface area contributed by atoms with E-state index >= 15 is 0 Å². The second-order valence-electron chi connectivity index (χ2n) is 10.8. The lowest BCUT2D eigenvalue weighted by Crippen LogP contribution is -2.56. The van der Waals surface area contributed by atoms with Crippen LogP contribution >= 0.6 is 11.6 Å². The summed E-state index contributed by atoms with van der Waals surface area (Å²) >= 11 is 6.72. The van der Waals surface area contributed by atoms with E-state index in [1.54, 1.807) is 10.9 Å². The Kier molecular flexibility index (Phi) is 6.03. The molecule has 36 heavy (non-hydrogen) atoms. The summed E-state index contributed by atoms with van der Waals surface area (Å²) in [6.07, 6.45) is 5.99. The molecule has 0 unspecified atom stereocenters. The lowest BCUT2D eigenvalue weighted by Gasteiger charge is -2.43. The van der Waals surface area contributed by atoms with Crippen molar-refractivity contribution in [2.45, 2.75) is 49.7 Å². The number of aliphatic hydroxyl groups is 1. The molecule has 2 aliphatic heterocycles. The van der Waals surface area contributed by atoms with Crippen LogP contribution in [-0.2, 0) is 16.6 Å². The molecule has 0 bridgehead atoms. The molecule has 2 aromatic heterocycles. The first kappa shape index (κ1) is 23.9. The van der Waals surface area contributed by atoms with Crippen molar-refractivity contribution < 1.29 is 14.6 Å². The maximum atomic E-state index is 12.8. The Bertz CT molecular complexity index is 1300. The van der Waals surface area contributed by atoms with Gasteiger partial charge in [0, 0.05) is 41.7 Å². The summed E-state index contributed by atoms with van der Waals surface area (Å²) in [6, 6.07) is 8.04. The van der Waals surface area contributed by atoms with Crippen LogP contribution in [0, 0.1) is 5.92 Å². The zero-order valence-corrected chi connectivity index (χ0v) is 21.4. The maximum absolute atomic E-state index is 12.8. The maximum Gasteiger partial charge on any atom is 0.229 e. The molecule has 8 nitrogen and oxygen atoms in total. The van der Waals surface area contributed by atoms with Gasteiger partial charge >= 0.3 is 0 Å². The lowest BCUT2D eigenvalue weighted by molar-refractivity contribution is -0.117. The molecule has 2 saturated heterocycles. The highest BCUT2D eigenvalue weighted by molar-refractivity contribution is 6.32. The van der Waals surface area contributed by atoms with Crippen molar-refractivity contribution >= 4 is 34.1 Å². The Morgan fingerprint density at radius 2 is 2.06 bits per heavy atom. The highest BCUT2D eigenvalue weighted by Gasteiger charge is 2.46. The Morgan fingerprint density at radius 3 is 2.75 bits per heavy atom. The molecule has 1 amide bonds. The summed E-state index contributed by atoms with van der Waals surface area (Å²) in [5.41, 5.74) is 1.80. The van der Waals surface area contributed by atoms with Crippen molar-refractivity contribution in [3.63, 3.8) is 0 Å². The molecule has 3 aromatic rings. The second kappa shape index (κ2) is 9.10. The summed E-state index contributed by atoms with van der Waals surface area (Å²) in [6.45, 7) is 4.86. The van der Waals surface area contributed by atoms with Gasteiger partial charge in [0.15, 0.2) is 0 Å². The van der Waals surface area contributed by atoms with Crippen molar-refractivity contribution in [2.75, 3.05) is 31.6 Å². The molecular weight excluding hydrogens is 478 g/mol. The number of rotatable bonds is 5. The average Bonchev–Trinajstić information content (AvgIpc) is 3.44. The van der Waals surface area contributed by atoms with Gasteiger partial charge < -0.3 is 15.2 Å². The topological polar surface area (TPSA) is 92.5 Å². The van der Waals surface area contributed by atoms with E-state index in [4.69, 9.17) is 16.3 Å². The third-order valence-corrected chi connectivity index (χ3v) is 8.70. The first-order valence-corrected chi connectivity index (χ1v) is 13.1. The molecule has 6 rings (SSSR count). The number of piperidine rings is 1. The van der Waals surface area contributed by atoms with E-state index in [1.165, 1.54) is 0 Å². The fourth-order valence-electron chi connectivity index (χ4n) is 5.88. The molecule has 2 N–H and O–H groups in total. The molecule has 1 aliphatic carbocycles. The predicted octanol–water partition coefficient (Wildman–Crippen LogP) is 3.69. The number of likely N-dealkylation sites (tertiary alicyclic amines) is 1. The van der Waals surface area contributed by atoms with Gasteiger partial charge in [0.2, 0.25) is 5.91 Å². The number of aliphatic hydroxyl groups excluding tert-OH is 1. The van der Waals surface area contributed by atoms with Crippen LogP contribution in [0.5, 0.6) is 0 Å². The fraction of sp³-hybridized carbons (Fsp3) is 0.519. The monoisotopic (exact) mass is 509 g/mol. The molecule has 1 saturated carbocycles. The fourth-order valence-corrected chi connectivity index (χ4v) is 6.21. The highest BCUT2D eigenvalue weighted by atomic mass is 35.5. The number of hydrogen-bond acceptors (Lipinski definition) is 6. The summed E-state index contributed by atoms with van der Waals surface area (Å²) in [7, 11) is 1.89. The van der Waals surface area contributed by atoms with Gasteiger partial charge in [-0.3, -0.25) is 14.4 Å². The third kappa shape index (κ3) is 4.30. The molecule has 190 valence electrons. The molecule has 3 aliphatic rings. The van der Waals surface area contributed by atoms with Crippen molar-refractivity contribution in [2.24, 2.45) is 13.0 Å². The standard InChI is InChI=1S/C27H32ClN5O3/c1-27(15-36-14-24(27)34)33-7-3-16(4-8-33)19-9-17-11-25(29-13-18(17)10-22(19)28)30-26(35)21-12-20(21)23-5-6-32(2)31-23/h5-6,9-11,13,16,20-21,24,34H,3-4,7-8,12,14-15H2,1-2H3,(H,29,30,35)/t20-,21-,24-,27+/m0/s1. The van der Waals surface area contributed by atoms with Gasteiger partial charge in [-0.05, 0) is 80.4 Å². The number of aromatic nitrogens is 3. The summed E-state index contributed by atoms with van der Waals surface area (Å²) in [5, 5.41) is 20.6. The van der Waals surface area contributed by atoms with E-state index in [9.17, 15) is 9.90 Å². The van der Waals surface area contributed by atoms with E-state index in [2.05, 4.69) is 33.3 Å². The Labute approximate surface area is 215 Å². The summed E-state index contributed by atoms with van der Waals surface area (Å²) < 4.78 is 7.31. The second-order valence-corrected chi connectivity index (χ2v) is 11.2. The van der Waals surface area contributed by atoms with Crippen LogP contribution < -0.4 is 5.32 Å². The van der Waals surface area contributed by atoms with Gasteiger partial charge in [-0.2, -0.15) is 5.10 Å². The summed E-state index contributed by atoms with van der Waals surface area (Å²) in [4.78, 5) is 19.6. The van der Waals surface area contributed by atoms with Crippen LogP contribution in [0.1, 0.15) is 49.3 Å². The molecule has 9 heteroatoms. The quantitative estimate of drug-likeness (QED) is 0.545. The Balaban J connectivity index is 1.15. The van der Waals surface area contributed by atoms with E-state index in [-0.39, 0.29) is 23.3 Å². The van der Waals surface area contributed by atoms with Crippen LogP contribution in [0.4, 0.5) is 5.82 Å². The predicted molar refractivity (Wildman–Crippen MR) is 138 cm³/mol. The first-order chi connectivity index (χ1) is 17.3. The van der Waals surface area contributed by atoms with E-state index < -0.39 is 6.10 Å². The summed E-state index contributed by atoms with van der Waals surface area (Å²) in [5.74, 6) is 1.02. The van der Waals surface area contributed by atoms with Gasteiger partial charge in [0.25, 0.3) is 0 Å². The molecule has 3 fully saturated rings. The number of carbonyl (C=O) groups excluding carboxylic acids is 1. The van der Waals surface area contributed by atoms with Crippen molar-refractivity contribution in [3.8, 4) is 0 Å². The normalized spacial score (nSPS) is 29.1. The van der Waals surface area contributed by atoms with Crippen molar-refractivity contribution in [1.29, 1.82) is 0 Å². The lowest BCUT2D eigenvalue weighted by atomic mass is 9.85. The largest absolute Gasteiger partial charge is 0.389 e. The highest BCUT2D eigenvalue weighted by Crippen LogP contribution is 2.47. The van der Waals surface area contributed by atoms with Gasteiger partial charge in [-0.15, -0.1) is 0 Å². The van der Waals surface area contributed by atoms with E-state index in [1.807, 2.05) is 31.4 Å². The van der Waals surface area contributed by atoms with Gasteiger partial charge in [0.1, 0.15) is 5.82 Å². The third-order valence-electron chi connectivity index (χ3n) is 8.37. The molecule has 4 heterocycles. The number of amides is 1. The van der Waals surface area contributed by atoms with E-state index in [0.717, 1.165) is 59.4 Å². The Hall–Kier alpha value is -2.52. The van der Waals surface area contributed by atoms with Crippen LogP contribution in [0.25, 0.3) is 10.8 Å². The molecule has 0 spiro atoms.